The van der Waals surface area contributed by atoms with Gasteiger partial charge in [0.1, 0.15) is 6.07 Å². The predicted molar refractivity (Wildman–Crippen MR) is 236 cm³/mol. The third-order valence-electron chi connectivity index (χ3n) is 12.4. The van der Waals surface area contributed by atoms with Crippen LogP contribution in [0.4, 0.5) is 22.0 Å². The number of nitriles is 1. The molecule has 8 heteroatoms. The van der Waals surface area contributed by atoms with Crippen molar-refractivity contribution in [3.8, 4) is 39.7 Å². The van der Waals surface area contributed by atoms with Gasteiger partial charge in [0.15, 0.2) is 0 Å². The number of hydrogen-bond acceptors (Lipinski definition) is 1. The first-order valence-corrected chi connectivity index (χ1v) is 20.3. The third kappa shape index (κ3) is 5.66. The lowest BCUT2D eigenvalue weighted by Crippen LogP contribution is -2.29. The van der Waals surface area contributed by atoms with Gasteiger partial charge in [-0.1, -0.05) is 139 Å². The number of halogens is 5. The predicted octanol–water partition coefficient (Wildman–Crippen LogP) is 15.2. The molecule has 0 fully saturated rings. The Labute approximate surface area is 349 Å². The van der Waals surface area contributed by atoms with Crippen molar-refractivity contribution in [2.75, 3.05) is 0 Å². The van der Waals surface area contributed by atoms with Crippen LogP contribution >= 0.6 is 0 Å². The lowest BCUT2D eigenvalue weighted by molar-refractivity contribution is -0.137. The van der Waals surface area contributed by atoms with E-state index in [-0.39, 0.29) is 27.6 Å². The molecule has 0 unspecified atom stereocenters. The van der Waals surface area contributed by atoms with Crippen molar-refractivity contribution in [3.63, 3.8) is 0 Å². The van der Waals surface area contributed by atoms with Gasteiger partial charge >= 0.3 is 12.1 Å². The Bertz CT molecular complexity index is 3330. The number of alkyl halides is 5. The number of benzene rings is 7. The van der Waals surface area contributed by atoms with Gasteiger partial charge in [0.25, 0.3) is 0 Å². The van der Waals surface area contributed by atoms with Crippen molar-refractivity contribution in [1.29, 1.82) is 5.26 Å². The highest BCUT2D eigenvalue weighted by atomic mass is 19.4. The first-order valence-electron chi connectivity index (χ1n) is 20.3. The maximum atomic E-state index is 18.0. The molecular weight excluding hydrogens is 774 g/mol. The zero-order valence-electron chi connectivity index (χ0n) is 34.4. The van der Waals surface area contributed by atoms with Crippen LogP contribution in [-0.2, 0) is 22.9 Å². The summed E-state index contributed by atoms with van der Waals surface area (Å²) in [7, 11) is 0. The fourth-order valence-electron chi connectivity index (χ4n) is 9.41. The first kappa shape index (κ1) is 38.5. The number of hydrogen-bond donors (Lipinski definition) is 0. The summed E-state index contributed by atoms with van der Waals surface area (Å²) >= 11 is 0. The van der Waals surface area contributed by atoms with Crippen LogP contribution in [-0.4, -0.2) is 9.13 Å². The molecule has 0 aliphatic carbocycles. The standard InChI is InChI=1S/C53H40F5N3/c1-50(2,3)33-18-23-41-38(26-33)36-20-17-32(30-13-9-7-10-14-30)25-43(36)60(41)45-28-44-46(40(29-59)47(45)53(56,57)58)52(54,55)48-35(31-15-11-8-12-16-31)21-22-37-39-27-34(51(4,5)6)19-24-42(39)61(44)49(37)48/h7-28H,1-6H3. The van der Waals surface area contributed by atoms with Crippen LogP contribution in [0.25, 0.3) is 77.2 Å². The summed E-state index contributed by atoms with van der Waals surface area (Å²) < 4.78 is 87.5. The van der Waals surface area contributed by atoms with Crippen LogP contribution in [0, 0.1) is 11.3 Å². The molecule has 302 valence electrons. The zero-order chi connectivity index (χ0) is 43.0. The molecule has 10 rings (SSSR count). The molecule has 0 atom stereocenters. The van der Waals surface area contributed by atoms with E-state index >= 15 is 22.0 Å². The second-order valence-corrected chi connectivity index (χ2v) is 18.2. The Morgan fingerprint density at radius 3 is 1.64 bits per heavy atom. The highest BCUT2D eigenvalue weighted by molar-refractivity contribution is 6.14. The Hall–Kier alpha value is -6.72. The fourth-order valence-corrected chi connectivity index (χ4v) is 9.41. The summed E-state index contributed by atoms with van der Waals surface area (Å²) in [6.07, 6.45) is -5.22. The SMILES string of the molecule is CC(C)(C)c1ccc2c(c1)c1ccc(-c3ccccc3)cc1n2-c1cc2c(c(C#N)c1C(F)(F)F)C(F)(F)c1c(-c3ccccc3)ccc3c4cc(C(C)(C)C)ccc4n-2c13. The van der Waals surface area contributed by atoms with Gasteiger partial charge in [-0.05, 0) is 80.6 Å². The fraction of sp³-hybridized carbons (Fsp3) is 0.189. The van der Waals surface area contributed by atoms with Gasteiger partial charge in [0.05, 0.1) is 55.7 Å². The second-order valence-electron chi connectivity index (χ2n) is 18.2. The molecule has 0 saturated carbocycles. The van der Waals surface area contributed by atoms with Crippen molar-refractivity contribution in [1.82, 2.24) is 9.13 Å². The van der Waals surface area contributed by atoms with Gasteiger partial charge in [0.2, 0.25) is 0 Å². The number of rotatable bonds is 3. The highest BCUT2D eigenvalue weighted by Gasteiger charge is 2.51. The average molecular weight is 814 g/mol. The molecular formula is C53H40F5N3. The maximum absolute atomic E-state index is 18.0. The normalized spacial score (nSPS) is 13.9. The molecule has 3 nitrogen and oxygen atoms in total. The zero-order valence-corrected chi connectivity index (χ0v) is 34.4. The van der Waals surface area contributed by atoms with E-state index in [1.807, 2.05) is 84.9 Å². The molecule has 9 aromatic rings. The maximum Gasteiger partial charge on any atom is 0.419 e. The molecule has 3 heterocycles. The lowest BCUT2D eigenvalue weighted by Gasteiger charge is -2.33. The van der Waals surface area contributed by atoms with Gasteiger partial charge in [-0.15, -0.1) is 0 Å². The molecule has 0 bridgehead atoms. The van der Waals surface area contributed by atoms with Crippen molar-refractivity contribution >= 4 is 43.6 Å². The van der Waals surface area contributed by atoms with E-state index in [0.29, 0.717) is 43.7 Å². The molecule has 7 aromatic carbocycles. The Balaban J connectivity index is 1.41. The van der Waals surface area contributed by atoms with E-state index in [1.54, 1.807) is 53.1 Å². The summed E-state index contributed by atoms with van der Waals surface area (Å²) in [5.41, 5.74) is 0.783. The summed E-state index contributed by atoms with van der Waals surface area (Å²) in [6.45, 7) is 12.4. The molecule has 0 spiro atoms. The minimum Gasteiger partial charge on any atom is -0.308 e. The second kappa shape index (κ2) is 12.9. The number of fused-ring (bicyclic) bond motifs is 8. The van der Waals surface area contributed by atoms with Gasteiger partial charge in [-0.3, -0.25) is 0 Å². The molecule has 2 aromatic heterocycles. The van der Waals surface area contributed by atoms with Crippen LogP contribution < -0.4 is 0 Å². The van der Waals surface area contributed by atoms with Gasteiger partial charge in [-0.2, -0.15) is 27.2 Å². The van der Waals surface area contributed by atoms with Crippen LogP contribution in [0.2, 0.25) is 0 Å². The summed E-state index contributed by atoms with van der Waals surface area (Å²) in [6, 6.07) is 41.8. The highest BCUT2D eigenvalue weighted by Crippen LogP contribution is 2.56. The quantitative estimate of drug-likeness (QED) is 0.164. The van der Waals surface area contributed by atoms with Gasteiger partial charge in [-0.25, -0.2) is 0 Å². The molecule has 61 heavy (non-hydrogen) atoms. The van der Waals surface area contributed by atoms with E-state index in [1.165, 1.54) is 10.6 Å². The molecule has 1 aliphatic heterocycles. The van der Waals surface area contributed by atoms with Crippen molar-refractivity contribution in [2.24, 2.45) is 0 Å². The van der Waals surface area contributed by atoms with Gasteiger partial charge < -0.3 is 9.13 Å². The number of aromatic nitrogens is 2. The smallest absolute Gasteiger partial charge is 0.308 e. The van der Waals surface area contributed by atoms with Gasteiger partial charge in [0, 0.05) is 21.5 Å². The van der Waals surface area contributed by atoms with Crippen LogP contribution in [0.1, 0.15) is 74.9 Å². The third-order valence-corrected chi connectivity index (χ3v) is 12.4. The average Bonchev–Trinajstić information content (AvgIpc) is 3.73. The molecule has 0 radical (unpaired) electrons. The summed E-state index contributed by atoms with van der Waals surface area (Å²) in [5, 5.41) is 13.6. The van der Waals surface area contributed by atoms with Crippen LogP contribution in [0.15, 0.2) is 133 Å². The Morgan fingerprint density at radius 2 is 1.07 bits per heavy atom. The topological polar surface area (TPSA) is 33.6 Å². The Morgan fingerprint density at radius 1 is 0.508 bits per heavy atom. The summed E-state index contributed by atoms with van der Waals surface area (Å²) in [4.78, 5) is 0. The molecule has 0 N–H and O–H groups in total. The molecule has 1 aliphatic rings. The van der Waals surface area contributed by atoms with E-state index < -0.39 is 40.0 Å². The molecule has 0 saturated heterocycles. The van der Waals surface area contributed by atoms with Crippen LogP contribution in [0.5, 0.6) is 0 Å². The van der Waals surface area contributed by atoms with Crippen molar-refractivity contribution in [2.45, 2.75) is 64.5 Å². The monoisotopic (exact) mass is 813 g/mol. The van der Waals surface area contributed by atoms with E-state index in [0.717, 1.165) is 22.3 Å². The lowest BCUT2D eigenvalue weighted by atomic mass is 9.83. The molecule has 0 amide bonds. The summed E-state index contributed by atoms with van der Waals surface area (Å²) in [5.74, 6) is -4.02. The largest absolute Gasteiger partial charge is 0.419 e. The van der Waals surface area contributed by atoms with Crippen LogP contribution in [0.3, 0.4) is 0 Å². The van der Waals surface area contributed by atoms with E-state index in [9.17, 15) is 5.26 Å². The first-order chi connectivity index (χ1) is 28.9. The Kier molecular flexibility index (Phi) is 8.13. The van der Waals surface area contributed by atoms with Crippen molar-refractivity contribution < 1.29 is 22.0 Å². The minimum absolute atomic E-state index is 0.175. The number of nitrogens with zero attached hydrogens (tertiary/aromatic N) is 3. The van der Waals surface area contributed by atoms with E-state index in [4.69, 9.17) is 0 Å². The van der Waals surface area contributed by atoms with Crippen molar-refractivity contribution in [3.05, 3.63) is 167 Å². The van der Waals surface area contributed by atoms with E-state index in [2.05, 4.69) is 41.5 Å². The minimum atomic E-state index is -5.22.